The molecule has 30 heavy (non-hydrogen) atoms. The van der Waals surface area contributed by atoms with Crippen LogP contribution in [0.25, 0.3) is 0 Å². The van der Waals surface area contributed by atoms with Crippen molar-refractivity contribution in [1.82, 2.24) is 0 Å². The summed E-state index contributed by atoms with van der Waals surface area (Å²) in [4.78, 5) is 24.4. The second-order valence-corrected chi connectivity index (χ2v) is 9.15. The van der Waals surface area contributed by atoms with Crippen molar-refractivity contribution in [3.8, 4) is 0 Å². The summed E-state index contributed by atoms with van der Waals surface area (Å²) in [5, 5.41) is 20.2. The highest BCUT2D eigenvalue weighted by Gasteiger charge is 2.42. The lowest BCUT2D eigenvalue weighted by atomic mass is 9.66. The van der Waals surface area contributed by atoms with Crippen molar-refractivity contribution in [2.75, 3.05) is 0 Å². The zero-order valence-corrected chi connectivity index (χ0v) is 18.3. The maximum atomic E-state index is 12.7. The van der Waals surface area contributed by atoms with Gasteiger partial charge in [-0.2, -0.15) is 0 Å². The fourth-order valence-electron chi connectivity index (χ4n) is 5.27. The lowest BCUT2D eigenvalue weighted by Gasteiger charge is -2.43. The number of rotatable bonds is 7. The molecule has 0 aromatic rings. The highest BCUT2D eigenvalue weighted by Crippen LogP contribution is 2.44. The van der Waals surface area contributed by atoms with Gasteiger partial charge in [-0.1, -0.05) is 39.0 Å². The van der Waals surface area contributed by atoms with Gasteiger partial charge >= 0.3 is 11.9 Å². The predicted molar refractivity (Wildman–Crippen MR) is 112 cm³/mol. The van der Waals surface area contributed by atoms with Crippen LogP contribution >= 0.6 is 0 Å². The second kappa shape index (κ2) is 10.1. The van der Waals surface area contributed by atoms with E-state index in [1.54, 1.807) is 0 Å². The van der Waals surface area contributed by atoms with Gasteiger partial charge in [0.1, 0.15) is 12.2 Å². The minimum absolute atomic E-state index is 0.0240. The summed E-state index contributed by atoms with van der Waals surface area (Å²) in [7, 11) is 0. The highest BCUT2D eigenvalue weighted by atomic mass is 16.6. The molecule has 6 heteroatoms. The zero-order valence-electron chi connectivity index (χ0n) is 18.3. The lowest BCUT2D eigenvalue weighted by Crippen LogP contribution is -2.43. The second-order valence-electron chi connectivity index (χ2n) is 9.15. The number of carbonyl (C=O) groups is 2. The van der Waals surface area contributed by atoms with Crippen molar-refractivity contribution < 1.29 is 29.3 Å². The van der Waals surface area contributed by atoms with Crippen LogP contribution < -0.4 is 0 Å². The van der Waals surface area contributed by atoms with E-state index in [4.69, 9.17) is 9.47 Å². The molecular formula is C24H36O6. The normalized spacial score (nSPS) is 36.1. The summed E-state index contributed by atoms with van der Waals surface area (Å²) < 4.78 is 11.4. The van der Waals surface area contributed by atoms with E-state index in [2.05, 4.69) is 19.1 Å². The molecule has 2 aliphatic carbocycles. The molecule has 6 nitrogen and oxygen atoms in total. The van der Waals surface area contributed by atoms with Gasteiger partial charge in [-0.3, -0.25) is 9.59 Å². The number of fused-ring (bicyclic) bond motifs is 1. The Labute approximate surface area is 179 Å². The molecule has 0 saturated carbocycles. The Morgan fingerprint density at radius 2 is 1.97 bits per heavy atom. The molecule has 2 N–H and O–H groups in total. The summed E-state index contributed by atoms with van der Waals surface area (Å²) in [5.41, 5.74) is 1.03. The third kappa shape index (κ3) is 5.33. The van der Waals surface area contributed by atoms with E-state index in [0.29, 0.717) is 19.3 Å². The summed E-state index contributed by atoms with van der Waals surface area (Å²) in [6.45, 7) is 6.14. The van der Waals surface area contributed by atoms with Gasteiger partial charge in [0.2, 0.25) is 0 Å². The number of hydrogen-bond donors (Lipinski definition) is 2. The largest absolute Gasteiger partial charge is 0.462 e. The molecule has 0 aromatic heterocycles. The quantitative estimate of drug-likeness (QED) is 0.614. The Kier molecular flexibility index (Phi) is 7.75. The van der Waals surface area contributed by atoms with Gasteiger partial charge in [-0.05, 0) is 43.1 Å². The smallest absolute Gasteiger partial charge is 0.309 e. The number of hydrogen-bond acceptors (Lipinski definition) is 6. The van der Waals surface area contributed by atoms with Crippen molar-refractivity contribution in [2.45, 2.75) is 90.1 Å². The highest BCUT2D eigenvalue weighted by molar-refractivity contribution is 5.72. The number of aliphatic hydroxyl groups is 2. The van der Waals surface area contributed by atoms with Gasteiger partial charge in [-0.15, -0.1) is 0 Å². The van der Waals surface area contributed by atoms with Gasteiger partial charge < -0.3 is 19.7 Å². The van der Waals surface area contributed by atoms with Crippen LogP contribution in [0, 0.1) is 23.7 Å². The lowest BCUT2D eigenvalue weighted by molar-refractivity contribution is -0.163. The average molecular weight is 421 g/mol. The molecule has 1 fully saturated rings. The Morgan fingerprint density at radius 1 is 1.23 bits per heavy atom. The van der Waals surface area contributed by atoms with Gasteiger partial charge in [0.15, 0.2) is 0 Å². The first kappa shape index (κ1) is 23.0. The van der Waals surface area contributed by atoms with E-state index in [1.165, 1.54) is 0 Å². The first-order valence-corrected chi connectivity index (χ1v) is 11.5. The molecule has 0 spiro atoms. The van der Waals surface area contributed by atoms with E-state index in [9.17, 15) is 19.8 Å². The minimum Gasteiger partial charge on any atom is -0.462 e. The van der Waals surface area contributed by atoms with Crippen LogP contribution in [0.5, 0.6) is 0 Å². The third-order valence-electron chi connectivity index (χ3n) is 7.02. The Balaban J connectivity index is 1.74. The molecule has 7 atom stereocenters. The molecule has 1 heterocycles. The summed E-state index contributed by atoms with van der Waals surface area (Å²) in [6, 6.07) is 0. The number of esters is 2. The first-order valence-electron chi connectivity index (χ1n) is 11.5. The maximum Gasteiger partial charge on any atom is 0.309 e. The molecule has 1 saturated heterocycles. The van der Waals surface area contributed by atoms with Crippen molar-refractivity contribution in [3.05, 3.63) is 23.8 Å². The number of ether oxygens (including phenoxy) is 2. The molecule has 3 aliphatic rings. The van der Waals surface area contributed by atoms with Crippen LogP contribution in [-0.2, 0) is 19.1 Å². The van der Waals surface area contributed by atoms with E-state index in [-0.39, 0.29) is 54.2 Å². The fraction of sp³-hybridized carbons (Fsp3) is 0.750. The molecule has 0 amide bonds. The Bertz CT molecular complexity index is 679. The number of allylic oxidation sites excluding steroid dienone is 2. The van der Waals surface area contributed by atoms with E-state index in [1.807, 2.05) is 19.9 Å². The molecule has 0 aromatic carbocycles. The van der Waals surface area contributed by atoms with Crippen LogP contribution in [0.4, 0.5) is 0 Å². The zero-order chi connectivity index (χ0) is 21.8. The van der Waals surface area contributed by atoms with E-state index in [0.717, 1.165) is 24.8 Å². The van der Waals surface area contributed by atoms with Crippen molar-refractivity contribution >= 4 is 11.9 Å². The Hall–Kier alpha value is -1.66. The number of aliphatic hydroxyl groups excluding tert-OH is 2. The minimum atomic E-state index is -0.631. The third-order valence-corrected chi connectivity index (χ3v) is 7.02. The number of cyclic esters (lactones) is 1. The molecule has 0 radical (unpaired) electrons. The van der Waals surface area contributed by atoms with Crippen LogP contribution in [-0.4, -0.2) is 46.6 Å². The van der Waals surface area contributed by atoms with Crippen LogP contribution in [0.2, 0.25) is 0 Å². The van der Waals surface area contributed by atoms with Crippen LogP contribution in [0.15, 0.2) is 23.8 Å². The van der Waals surface area contributed by atoms with Gasteiger partial charge in [-0.25, -0.2) is 0 Å². The van der Waals surface area contributed by atoms with Gasteiger partial charge in [0.25, 0.3) is 0 Å². The van der Waals surface area contributed by atoms with Gasteiger partial charge in [0.05, 0.1) is 24.5 Å². The predicted octanol–water partition coefficient (Wildman–Crippen LogP) is 3.31. The van der Waals surface area contributed by atoms with Crippen LogP contribution in [0.1, 0.15) is 65.7 Å². The maximum absolute atomic E-state index is 12.7. The van der Waals surface area contributed by atoms with Gasteiger partial charge in [0, 0.05) is 18.8 Å². The standard InChI is InChI=1S/C24H36O6/c1-4-15(5-2)24(28)30-21-12-17(25)10-16-7-6-14(3)20(23(16)21)9-8-19-11-18(26)13-22(27)29-19/h6-7,10,14-15,17-21,23,25-26H,4-5,8-9,11-13H2,1-3H3/t14-,17-,18-,19-,20+,21+,23+/m1/s1. The van der Waals surface area contributed by atoms with Crippen LogP contribution in [0.3, 0.4) is 0 Å². The average Bonchev–Trinajstić information content (AvgIpc) is 2.67. The molecule has 0 unspecified atom stereocenters. The molecule has 0 bridgehead atoms. The molecule has 168 valence electrons. The summed E-state index contributed by atoms with van der Waals surface area (Å²) >= 11 is 0. The monoisotopic (exact) mass is 420 g/mol. The van der Waals surface area contributed by atoms with Crippen molar-refractivity contribution in [2.24, 2.45) is 23.7 Å². The topological polar surface area (TPSA) is 93.1 Å². The fourth-order valence-corrected chi connectivity index (χ4v) is 5.27. The summed E-state index contributed by atoms with van der Waals surface area (Å²) in [6.07, 6.45) is 8.11. The molecular weight excluding hydrogens is 384 g/mol. The summed E-state index contributed by atoms with van der Waals surface area (Å²) in [5.74, 6) is -0.116. The van der Waals surface area contributed by atoms with Crippen molar-refractivity contribution in [3.63, 3.8) is 0 Å². The Morgan fingerprint density at radius 3 is 2.63 bits per heavy atom. The van der Waals surface area contributed by atoms with E-state index < -0.39 is 12.2 Å². The number of carbonyl (C=O) groups excluding carboxylic acids is 2. The molecule has 1 aliphatic heterocycles. The first-order chi connectivity index (χ1) is 14.3. The van der Waals surface area contributed by atoms with Crippen molar-refractivity contribution in [1.29, 1.82) is 0 Å². The van der Waals surface area contributed by atoms with E-state index >= 15 is 0 Å². The molecule has 3 rings (SSSR count). The SMILES string of the molecule is CCC(CC)C(=O)O[C@H]1C[C@H](O)C=C2C=C[C@@H](C)[C@H](CC[C@@H]3C[C@@H](O)CC(=O)O3)[C@H]21.